The quantitative estimate of drug-likeness (QED) is 0.558. The molecule has 2 nitrogen and oxygen atoms in total. The summed E-state index contributed by atoms with van der Waals surface area (Å²) in [4.78, 5) is 13.9. The molecule has 0 N–H and O–H groups in total. The number of aryl methyl sites for hydroxylation is 1. The van der Waals surface area contributed by atoms with Crippen LogP contribution in [0.2, 0.25) is 0 Å². The van der Waals surface area contributed by atoms with Gasteiger partial charge in [0.05, 0.1) is 0 Å². The predicted octanol–water partition coefficient (Wildman–Crippen LogP) is 3.76. The van der Waals surface area contributed by atoms with Gasteiger partial charge in [0.1, 0.15) is 0 Å². The maximum atomic E-state index is 12.1. The summed E-state index contributed by atoms with van der Waals surface area (Å²) in [5.74, 6) is 0.816. The van der Waals surface area contributed by atoms with Gasteiger partial charge in [0.2, 0.25) is 5.91 Å². The fourth-order valence-electron chi connectivity index (χ4n) is 1.85. The molecule has 3 heteroatoms. The molecular weight excluding hydrogens is 234 g/mol. The normalized spacial score (nSPS) is 10.3. The van der Waals surface area contributed by atoms with Crippen LogP contribution in [0.4, 0.5) is 5.69 Å². The number of para-hydroxylation sites is 1. The number of carbonyl (C=O) groups is 1. The lowest BCUT2D eigenvalue weighted by atomic mass is 10.1. The number of benzene rings is 1. The van der Waals surface area contributed by atoms with Crippen molar-refractivity contribution in [2.45, 2.75) is 33.1 Å². The number of alkyl halides is 1. The molecule has 94 valence electrons. The molecule has 0 radical (unpaired) electrons. The van der Waals surface area contributed by atoms with Crippen LogP contribution in [0.3, 0.4) is 0 Å². The third-order valence-electron chi connectivity index (χ3n) is 2.80. The van der Waals surface area contributed by atoms with Crippen molar-refractivity contribution in [1.29, 1.82) is 0 Å². The molecule has 0 bridgehead atoms. The summed E-state index contributed by atoms with van der Waals surface area (Å²) in [5, 5.41) is 0. The molecule has 0 aliphatic carbocycles. The van der Waals surface area contributed by atoms with Crippen LogP contribution in [-0.2, 0) is 4.79 Å². The van der Waals surface area contributed by atoms with Gasteiger partial charge in [-0.15, -0.1) is 11.6 Å². The first kappa shape index (κ1) is 14.0. The van der Waals surface area contributed by atoms with E-state index >= 15 is 0 Å². The summed E-state index contributed by atoms with van der Waals surface area (Å²) in [6, 6.07) is 7.99. The van der Waals surface area contributed by atoms with Gasteiger partial charge in [-0.05, 0) is 38.3 Å². The number of nitrogens with zero attached hydrogens (tertiary/aromatic N) is 1. The Hall–Kier alpha value is -1.02. The topological polar surface area (TPSA) is 20.3 Å². The van der Waals surface area contributed by atoms with Crippen LogP contribution in [0.1, 0.15) is 31.7 Å². The van der Waals surface area contributed by atoms with Gasteiger partial charge in [-0.25, -0.2) is 0 Å². The SMILES string of the molecule is CCN(C(=O)CCCCCl)c1ccccc1C. The van der Waals surface area contributed by atoms with Gasteiger partial charge in [-0.2, -0.15) is 0 Å². The second-order valence-corrected chi connectivity index (χ2v) is 4.45. The van der Waals surface area contributed by atoms with Crippen LogP contribution in [0.25, 0.3) is 0 Å². The molecule has 1 amide bonds. The van der Waals surface area contributed by atoms with E-state index < -0.39 is 0 Å². The Bertz CT molecular complexity index is 365. The first-order chi connectivity index (χ1) is 8.20. The highest BCUT2D eigenvalue weighted by atomic mass is 35.5. The third-order valence-corrected chi connectivity index (χ3v) is 3.07. The van der Waals surface area contributed by atoms with Crippen molar-refractivity contribution in [3.8, 4) is 0 Å². The minimum absolute atomic E-state index is 0.187. The fraction of sp³-hybridized carbons (Fsp3) is 0.500. The van der Waals surface area contributed by atoms with E-state index in [0.29, 0.717) is 18.8 Å². The average Bonchev–Trinajstić information content (AvgIpc) is 2.33. The summed E-state index contributed by atoms with van der Waals surface area (Å²) >= 11 is 5.62. The number of carbonyl (C=O) groups excluding carboxylic acids is 1. The smallest absolute Gasteiger partial charge is 0.226 e. The average molecular weight is 254 g/mol. The highest BCUT2D eigenvalue weighted by molar-refractivity contribution is 6.17. The van der Waals surface area contributed by atoms with Crippen molar-refractivity contribution >= 4 is 23.2 Å². The predicted molar refractivity (Wildman–Crippen MR) is 73.8 cm³/mol. The molecule has 0 unspecified atom stereocenters. The van der Waals surface area contributed by atoms with Crippen molar-refractivity contribution < 1.29 is 4.79 Å². The third kappa shape index (κ3) is 4.04. The Balaban J connectivity index is 2.71. The zero-order chi connectivity index (χ0) is 12.7. The van der Waals surface area contributed by atoms with Gasteiger partial charge in [0.15, 0.2) is 0 Å². The molecule has 0 aliphatic heterocycles. The summed E-state index contributed by atoms with van der Waals surface area (Å²) in [7, 11) is 0. The molecule has 1 aromatic carbocycles. The highest BCUT2D eigenvalue weighted by Gasteiger charge is 2.14. The van der Waals surface area contributed by atoms with Gasteiger partial charge >= 0.3 is 0 Å². The summed E-state index contributed by atoms with van der Waals surface area (Å²) in [6.45, 7) is 4.75. The minimum Gasteiger partial charge on any atom is -0.312 e. The molecule has 0 fully saturated rings. The fourth-order valence-corrected chi connectivity index (χ4v) is 2.04. The molecule has 0 atom stereocenters. The van der Waals surface area contributed by atoms with Gasteiger partial charge in [-0.3, -0.25) is 4.79 Å². The molecule has 0 spiro atoms. The van der Waals surface area contributed by atoms with E-state index in [1.54, 1.807) is 0 Å². The van der Waals surface area contributed by atoms with Crippen LogP contribution in [0.15, 0.2) is 24.3 Å². The maximum Gasteiger partial charge on any atom is 0.226 e. The standard InChI is InChI=1S/C14H20ClNO/c1-3-16(14(17)10-6-7-11-15)13-9-5-4-8-12(13)2/h4-5,8-9H,3,6-7,10-11H2,1-2H3. The molecular formula is C14H20ClNO. The van der Waals surface area contributed by atoms with E-state index in [0.717, 1.165) is 24.1 Å². The molecule has 1 aromatic rings. The Morgan fingerprint density at radius 2 is 2.00 bits per heavy atom. The first-order valence-electron chi connectivity index (χ1n) is 6.12. The van der Waals surface area contributed by atoms with Gasteiger partial charge < -0.3 is 4.90 Å². The summed E-state index contributed by atoms with van der Waals surface area (Å²) in [6.07, 6.45) is 2.35. The zero-order valence-electron chi connectivity index (χ0n) is 10.6. The number of halogens is 1. The molecule has 17 heavy (non-hydrogen) atoms. The Labute approximate surface area is 109 Å². The molecule has 0 aromatic heterocycles. The number of amides is 1. The lowest BCUT2D eigenvalue weighted by molar-refractivity contribution is -0.118. The summed E-state index contributed by atoms with van der Waals surface area (Å²) in [5.41, 5.74) is 2.16. The number of rotatable bonds is 6. The Morgan fingerprint density at radius 3 is 2.59 bits per heavy atom. The van der Waals surface area contributed by atoms with Crippen LogP contribution in [-0.4, -0.2) is 18.3 Å². The molecule has 0 aliphatic rings. The van der Waals surface area contributed by atoms with Crippen LogP contribution in [0, 0.1) is 6.92 Å². The van der Waals surface area contributed by atoms with E-state index in [1.807, 2.05) is 43.0 Å². The van der Waals surface area contributed by atoms with Gasteiger partial charge in [-0.1, -0.05) is 18.2 Å². The van der Waals surface area contributed by atoms with E-state index in [4.69, 9.17) is 11.6 Å². The monoisotopic (exact) mass is 253 g/mol. The number of hydrogen-bond acceptors (Lipinski definition) is 1. The van der Waals surface area contributed by atoms with Crippen molar-refractivity contribution in [2.75, 3.05) is 17.3 Å². The number of hydrogen-bond donors (Lipinski definition) is 0. The van der Waals surface area contributed by atoms with Crippen LogP contribution in [0.5, 0.6) is 0 Å². The largest absolute Gasteiger partial charge is 0.312 e. The second-order valence-electron chi connectivity index (χ2n) is 4.07. The molecule has 0 saturated heterocycles. The van der Waals surface area contributed by atoms with Crippen molar-refractivity contribution in [3.05, 3.63) is 29.8 Å². The zero-order valence-corrected chi connectivity index (χ0v) is 11.3. The van der Waals surface area contributed by atoms with E-state index in [-0.39, 0.29) is 5.91 Å². The van der Waals surface area contributed by atoms with Crippen molar-refractivity contribution in [3.63, 3.8) is 0 Å². The van der Waals surface area contributed by atoms with Crippen LogP contribution >= 0.6 is 11.6 Å². The van der Waals surface area contributed by atoms with E-state index in [1.165, 1.54) is 0 Å². The van der Waals surface area contributed by atoms with E-state index in [2.05, 4.69) is 0 Å². The number of anilines is 1. The van der Waals surface area contributed by atoms with Gasteiger partial charge in [0, 0.05) is 24.5 Å². The Kier molecular flexibility index (Phi) is 6.06. The van der Waals surface area contributed by atoms with E-state index in [9.17, 15) is 4.79 Å². The van der Waals surface area contributed by atoms with Crippen molar-refractivity contribution in [1.82, 2.24) is 0 Å². The summed E-state index contributed by atoms with van der Waals surface area (Å²) < 4.78 is 0. The number of unbranched alkanes of at least 4 members (excludes halogenated alkanes) is 1. The first-order valence-corrected chi connectivity index (χ1v) is 6.66. The molecule has 0 saturated carbocycles. The van der Waals surface area contributed by atoms with Crippen LogP contribution < -0.4 is 4.90 Å². The molecule has 0 heterocycles. The lowest BCUT2D eigenvalue weighted by Gasteiger charge is -2.22. The molecule has 1 rings (SSSR count). The van der Waals surface area contributed by atoms with Gasteiger partial charge in [0.25, 0.3) is 0 Å². The lowest BCUT2D eigenvalue weighted by Crippen LogP contribution is -2.30. The minimum atomic E-state index is 0.187. The second kappa shape index (κ2) is 7.33. The highest BCUT2D eigenvalue weighted by Crippen LogP contribution is 2.20. The maximum absolute atomic E-state index is 12.1. The Morgan fingerprint density at radius 1 is 1.29 bits per heavy atom. The van der Waals surface area contributed by atoms with Crippen molar-refractivity contribution in [2.24, 2.45) is 0 Å².